The number of hydrogen-bond donors (Lipinski definition) is 1. The minimum atomic E-state index is -1.14. The van der Waals surface area contributed by atoms with E-state index >= 15 is 4.39 Å². The highest BCUT2D eigenvalue weighted by atomic mass is 19.1. The van der Waals surface area contributed by atoms with Crippen LogP contribution in [0.4, 0.5) is 4.39 Å². The Labute approximate surface area is 202 Å². The zero-order chi connectivity index (χ0) is 23.9. The van der Waals surface area contributed by atoms with E-state index in [1.165, 1.54) is 0 Å². The van der Waals surface area contributed by atoms with Gasteiger partial charge in [0.25, 0.3) is 0 Å². The standard InChI is InChI=1S/C28H38FN3O2/c1-25(34)9-12-28(29)18(13-25)3-4-20-21-5-6-23(26(21,2)8-7-22(20)28)24(33)16-32-15-19(14-31-32)27(17-30)10-11-27/h14-15,18,20-23,34H,3-13,16H2,1-2H3/t18-,20+,21+,22+,23-,25-,26+,28-/m1/s1. The fourth-order valence-corrected chi connectivity index (χ4v) is 9.06. The van der Waals surface area contributed by atoms with E-state index in [4.69, 9.17) is 0 Å². The number of halogens is 1. The summed E-state index contributed by atoms with van der Waals surface area (Å²) in [5.41, 5.74) is -1.35. The molecular weight excluding hydrogens is 429 g/mol. The lowest BCUT2D eigenvalue weighted by Crippen LogP contribution is -2.58. The topological polar surface area (TPSA) is 78.9 Å². The van der Waals surface area contributed by atoms with Crippen molar-refractivity contribution in [2.45, 2.75) is 108 Å². The average Bonchev–Trinajstić information content (AvgIpc) is 3.31. The van der Waals surface area contributed by atoms with Crippen LogP contribution >= 0.6 is 0 Å². The maximum Gasteiger partial charge on any atom is 0.157 e. The predicted molar refractivity (Wildman–Crippen MR) is 125 cm³/mol. The largest absolute Gasteiger partial charge is 0.390 e. The minimum absolute atomic E-state index is 0.0114. The first-order valence-corrected chi connectivity index (χ1v) is 13.5. The molecule has 0 radical (unpaired) electrons. The number of hydrogen-bond acceptors (Lipinski definition) is 4. The van der Waals surface area contributed by atoms with Gasteiger partial charge in [-0.15, -0.1) is 0 Å². The maximum absolute atomic E-state index is 16.5. The molecule has 0 aliphatic heterocycles. The summed E-state index contributed by atoms with van der Waals surface area (Å²) in [4.78, 5) is 13.5. The van der Waals surface area contributed by atoms with Crippen molar-refractivity contribution in [3.63, 3.8) is 0 Å². The third kappa shape index (κ3) is 3.25. The Morgan fingerprint density at radius 2 is 1.94 bits per heavy atom. The highest BCUT2D eigenvalue weighted by Gasteiger charge is 2.63. The molecule has 5 aliphatic rings. The molecule has 1 aromatic heterocycles. The second kappa shape index (κ2) is 7.38. The van der Waals surface area contributed by atoms with E-state index in [9.17, 15) is 15.2 Å². The molecule has 5 aliphatic carbocycles. The number of alkyl halides is 1. The van der Waals surface area contributed by atoms with Crippen LogP contribution in [0.15, 0.2) is 12.4 Å². The van der Waals surface area contributed by atoms with Crippen molar-refractivity contribution in [1.82, 2.24) is 9.78 Å². The van der Waals surface area contributed by atoms with Gasteiger partial charge in [0.2, 0.25) is 0 Å². The van der Waals surface area contributed by atoms with Gasteiger partial charge in [0.05, 0.1) is 29.8 Å². The number of aliphatic hydroxyl groups is 1. The van der Waals surface area contributed by atoms with Crippen LogP contribution in [0.25, 0.3) is 0 Å². The van der Waals surface area contributed by atoms with E-state index in [1.807, 2.05) is 13.1 Å². The van der Waals surface area contributed by atoms with Crippen LogP contribution in [-0.2, 0) is 16.8 Å². The quantitative estimate of drug-likeness (QED) is 0.667. The second-order valence-electron chi connectivity index (χ2n) is 13.0. The predicted octanol–water partition coefficient (Wildman–Crippen LogP) is 5.12. The van der Waals surface area contributed by atoms with E-state index in [0.29, 0.717) is 31.1 Å². The molecule has 5 saturated carbocycles. The average molecular weight is 468 g/mol. The van der Waals surface area contributed by atoms with Crippen LogP contribution in [-0.4, -0.2) is 31.9 Å². The molecule has 0 amide bonds. The van der Waals surface area contributed by atoms with Crippen molar-refractivity contribution in [2.24, 2.45) is 35.0 Å². The molecule has 1 heterocycles. The lowest BCUT2D eigenvalue weighted by atomic mass is 9.48. The van der Waals surface area contributed by atoms with E-state index in [-0.39, 0.29) is 40.9 Å². The Hall–Kier alpha value is -1.74. The molecule has 5 nitrogen and oxygen atoms in total. The molecular formula is C28H38FN3O2. The summed E-state index contributed by atoms with van der Waals surface area (Å²) in [7, 11) is 0. The van der Waals surface area contributed by atoms with Gasteiger partial charge in [-0.3, -0.25) is 9.48 Å². The summed E-state index contributed by atoms with van der Waals surface area (Å²) < 4.78 is 18.3. The van der Waals surface area contributed by atoms with Gasteiger partial charge in [0.1, 0.15) is 5.67 Å². The van der Waals surface area contributed by atoms with Gasteiger partial charge in [0.15, 0.2) is 5.78 Å². The van der Waals surface area contributed by atoms with Crippen molar-refractivity contribution in [3.8, 4) is 6.07 Å². The van der Waals surface area contributed by atoms with Crippen LogP contribution in [0.5, 0.6) is 0 Å². The maximum atomic E-state index is 16.5. The lowest BCUT2D eigenvalue weighted by Gasteiger charge is -2.59. The number of Topliss-reactive ketones (excluding diaryl/α,β-unsaturated/α-hetero) is 1. The first kappa shape index (κ1) is 22.7. The molecule has 34 heavy (non-hydrogen) atoms. The van der Waals surface area contributed by atoms with E-state index in [1.54, 1.807) is 10.9 Å². The number of ketones is 1. The zero-order valence-corrected chi connectivity index (χ0v) is 20.6. The highest BCUT2D eigenvalue weighted by molar-refractivity contribution is 5.82. The Morgan fingerprint density at radius 1 is 1.15 bits per heavy atom. The SMILES string of the molecule is C[C@@]1(O)CC[C@@]2(F)[C@H](CC[C@H]3[C@@H]4CC[C@H](C(=O)Cn5cc(C6(C#N)CC6)cn5)[C@@]4(C)CC[C@@H]32)C1. The lowest BCUT2D eigenvalue weighted by molar-refractivity contribution is -0.166. The van der Waals surface area contributed by atoms with Crippen molar-refractivity contribution in [2.75, 3.05) is 0 Å². The number of carbonyl (C=O) groups excluding carboxylic acids is 1. The summed E-state index contributed by atoms with van der Waals surface area (Å²) in [6.45, 7) is 4.44. The number of nitriles is 1. The van der Waals surface area contributed by atoms with Gasteiger partial charge in [-0.2, -0.15) is 10.4 Å². The summed E-state index contributed by atoms with van der Waals surface area (Å²) >= 11 is 0. The monoisotopic (exact) mass is 467 g/mol. The number of aromatic nitrogens is 2. The van der Waals surface area contributed by atoms with Gasteiger partial charge >= 0.3 is 0 Å². The first-order chi connectivity index (χ1) is 16.1. The molecule has 1 N–H and O–H groups in total. The van der Waals surface area contributed by atoms with Crippen LogP contribution in [0.2, 0.25) is 0 Å². The first-order valence-electron chi connectivity index (χ1n) is 13.5. The third-order valence-corrected chi connectivity index (χ3v) is 11.2. The third-order valence-electron chi connectivity index (χ3n) is 11.2. The second-order valence-corrected chi connectivity index (χ2v) is 13.0. The summed E-state index contributed by atoms with van der Waals surface area (Å²) in [5.74, 6) is 1.11. The molecule has 0 unspecified atom stereocenters. The molecule has 6 heteroatoms. The van der Waals surface area contributed by atoms with E-state index < -0.39 is 11.3 Å². The zero-order valence-electron chi connectivity index (χ0n) is 20.6. The number of fused-ring (bicyclic) bond motifs is 5. The van der Waals surface area contributed by atoms with Crippen molar-refractivity contribution >= 4 is 5.78 Å². The van der Waals surface area contributed by atoms with Gasteiger partial charge in [-0.05, 0) is 107 Å². The smallest absolute Gasteiger partial charge is 0.157 e. The Balaban J connectivity index is 1.17. The Kier molecular flexibility index (Phi) is 4.93. The molecule has 8 atom stereocenters. The van der Waals surface area contributed by atoms with Crippen LogP contribution in [0.3, 0.4) is 0 Å². The van der Waals surface area contributed by atoms with Gasteiger partial charge in [-0.25, -0.2) is 4.39 Å². The number of rotatable bonds is 4. The normalized spacial score (nSPS) is 46.6. The van der Waals surface area contributed by atoms with Crippen molar-refractivity contribution in [1.29, 1.82) is 5.26 Å². The van der Waals surface area contributed by atoms with Gasteiger partial charge in [-0.1, -0.05) is 6.92 Å². The fraction of sp³-hybridized carbons (Fsp3) is 0.821. The van der Waals surface area contributed by atoms with Gasteiger partial charge < -0.3 is 5.11 Å². The number of carbonyl (C=O) groups is 1. The van der Waals surface area contributed by atoms with Crippen molar-refractivity contribution < 1.29 is 14.3 Å². The Morgan fingerprint density at radius 3 is 2.68 bits per heavy atom. The summed E-state index contributed by atoms with van der Waals surface area (Å²) in [6.07, 6.45) is 12.7. The van der Waals surface area contributed by atoms with Crippen LogP contribution in [0.1, 0.15) is 90.0 Å². The molecule has 6 rings (SSSR count). The molecule has 0 spiro atoms. The Bertz CT molecular complexity index is 1040. The molecule has 5 fully saturated rings. The van der Waals surface area contributed by atoms with Crippen LogP contribution < -0.4 is 0 Å². The van der Waals surface area contributed by atoms with E-state index in [2.05, 4.69) is 18.1 Å². The summed E-state index contributed by atoms with van der Waals surface area (Å²) in [5, 5.41) is 24.4. The molecule has 184 valence electrons. The van der Waals surface area contributed by atoms with E-state index in [0.717, 1.165) is 56.9 Å². The van der Waals surface area contributed by atoms with Crippen molar-refractivity contribution in [3.05, 3.63) is 18.0 Å². The summed E-state index contributed by atoms with van der Waals surface area (Å²) in [6, 6.07) is 2.40. The number of nitrogens with zero attached hydrogens (tertiary/aromatic N) is 3. The fourth-order valence-electron chi connectivity index (χ4n) is 9.06. The molecule has 0 saturated heterocycles. The van der Waals surface area contributed by atoms with Crippen LogP contribution in [0, 0.1) is 46.3 Å². The van der Waals surface area contributed by atoms with Gasteiger partial charge in [0, 0.05) is 17.7 Å². The molecule has 0 bridgehead atoms. The molecule has 1 aromatic rings. The minimum Gasteiger partial charge on any atom is -0.390 e. The highest BCUT2D eigenvalue weighted by Crippen LogP contribution is 2.66. The molecule has 0 aromatic carbocycles.